The lowest BCUT2D eigenvalue weighted by molar-refractivity contribution is 0.0361. The lowest BCUT2D eigenvalue weighted by Gasteiger charge is -2.45. The van der Waals surface area contributed by atoms with Gasteiger partial charge in [-0.2, -0.15) is 0 Å². The van der Waals surface area contributed by atoms with Crippen LogP contribution in [-0.2, 0) is 4.74 Å². The molecule has 0 N–H and O–H groups in total. The zero-order valence-electron chi connectivity index (χ0n) is 12.6. The fourth-order valence-electron chi connectivity index (χ4n) is 3.80. The zero-order chi connectivity index (χ0) is 13.1. The Morgan fingerprint density at radius 1 is 1.12 bits per heavy atom. The summed E-state index contributed by atoms with van der Waals surface area (Å²) in [7, 11) is 1.84. The smallest absolute Gasteiger partial charge is 0.0534 e. The molecular formula is C15H29NO. The molecule has 2 aliphatic rings. The third-order valence-electron chi connectivity index (χ3n) is 4.62. The van der Waals surface area contributed by atoms with E-state index in [0.717, 1.165) is 12.6 Å². The summed E-state index contributed by atoms with van der Waals surface area (Å²) in [5.41, 5.74) is 1.11. The van der Waals surface area contributed by atoms with Crippen LogP contribution in [0.4, 0.5) is 0 Å². The molecule has 1 aliphatic carbocycles. The van der Waals surface area contributed by atoms with E-state index in [1.165, 1.54) is 12.8 Å². The summed E-state index contributed by atoms with van der Waals surface area (Å²) in [6.07, 6.45) is 2.65. The van der Waals surface area contributed by atoms with Crippen LogP contribution in [-0.4, -0.2) is 36.2 Å². The minimum Gasteiger partial charge on any atom is -0.384 e. The maximum absolute atomic E-state index is 5.47. The van der Waals surface area contributed by atoms with Crippen molar-refractivity contribution in [3.8, 4) is 0 Å². The number of methoxy groups -OCH3 is 1. The van der Waals surface area contributed by atoms with E-state index in [1.807, 2.05) is 7.11 Å². The molecule has 0 aromatic rings. The molecule has 2 heteroatoms. The number of hydrogen-bond acceptors (Lipinski definition) is 2. The Hall–Kier alpha value is -0.0800. The number of hydrogen-bond donors (Lipinski definition) is 0. The minimum absolute atomic E-state index is 0.272. The van der Waals surface area contributed by atoms with Gasteiger partial charge in [0.1, 0.15) is 0 Å². The Balaban J connectivity index is 2.24. The standard InChI is InChI=1S/C15H29NO/c1-13(2,3)11-8-15(10-17-7)9-12(15)16(11)14(4,5)6/h11-12H,8-10H2,1-7H3/t11-,12?,15-/m0/s1. The second kappa shape index (κ2) is 3.71. The van der Waals surface area contributed by atoms with Crippen molar-refractivity contribution in [1.29, 1.82) is 0 Å². The van der Waals surface area contributed by atoms with Crippen LogP contribution in [0.25, 0.3) is 0 Å². The number of piperidine rings is 1. The van der Waals surface area contributed by atoms with Gasteiger partial charge < -0.3 is 4.74 Å². The third kappa shape index (κ3) is 2.15. The van der Waals surface area contributed by atoms with Crippen LogP contribution in [0.1, 0.15) is 54.4 Å². The van der Waals surface area contributed by atoms with Gasteiger partial charge in [-0.3, -0.25) is 4.90 Å². The van der Waals surface area contributed by atoms with E-state index in [2.05, 4.69) is 46.4 Å². The largest absolute Gasteiger partial charge is 0.384 e. The molecule has 1 unspecified atom stereocenters. The summed E-state index contributed by atoms with van der Waals surface area (Å²) in [5, 5.41) is 0. The molecule has 2 nitrogen and oxygen atoms in total. The third-order valence-corrected chi connectivity index (χ3v) is 4.62. The van der Waals surface area contributed by atoms with E-state index in [-0.39, 0.29) is 5.54 Å². The first-order chi connectivity index (χ1) is 7.62. The molecule has 0 radical (unpaired) electrons. The van der Waals surface area contributed by atoms with Gasteiger partial charge in [0.05, 0.1) is 6.61 Å². The van der Waals surface area contributed by atoms with Crippen molar-refractivity contribution in [3.63, 3.8) is 0 Å². The van der Waals surface area contributed by atoms with E-state index in [4.69, 9.17) is 4.74 Å². The Kier molecular flexibility index (Phi) is 2.91. The number of fused-ring (bicyclic) bond motifs is 1. The van der Waals surface area contributed by atoms with Gasteiger partial charge in [0.15, 0.2) is 0 Å². The first-order valence-electron chi connectivity index (χ1n) is 6.89. The fraction of sp³-hybridized carbons (Fsp3) is 1.00. The van der Waals surface area contributed by atoms with Gasteiger partial charge >= 0.3 is 0 Å². The van der Waals surface area contributed by atoms with Crippen LogP contribution >= 0.6 is 0 Å². The van der Waals surface area contributed by atoms with Gasteiger partial charge in [-0.1, -0.05) is 20.8 Å². The Labute approximate surface area is 107 Å². The average Bonchev–Trinajstić information content (AvgIpc) is 2.67. The van der Waals surface area contributed by atoms with E-state index >= 15 is 0 Å². The highest BCUT2D eigenvalue weighted by atomic mass is 16.5. The molecule has 0 aromatic carbocycles. The van der Waals surface area contributed by atoms with E-state index in [1.54, 1.807) is 0 Å². The first kappa shape index (κ1) is 13.4. The highest BCUT2D eigenvalue weighted by Crippen LogP contribution is 2.63. The van der Waals surface area contributed by atoms with Gasteiger partial charge in [-0.15, -0.1) is 0 Å². The van der Waals surface area contributed by atoms with Crippen molar-refractivity contribution in [2.24, 2.45) is 10.8 Å². The molecule has 0 amide bonds. The number of ether oxygens (including phenoxy) is 1. The fourth-order valence-corrected chi connectivity index (χ4v) is 3.80. The van der Waals surface area contributed by atoms with E-state index in [9.17, 15) is 0 Å². The summed E-state index contributed by atoms with van der Waals surface area (Å²) in [5.74, 6) is 0. The van der Waals surface area contributed by atoms with Gasteiger partial charge in [-0.25, -0.2) is 0 Å². The second-order valence-electron chi connectivity index (χ2n) is 8.18. The number of nitrogens with zero attached hydrogens (tertiary/aromatic N) is 1. The van der Waals surface area contributed by atoms with Gasteiger partial charge in [-0.05, 0) is 39.0 Å². The van der Waals surface area contributed by atoms with Gasteiger partial charge in [0.2, 0.25) is 0 Å². The molecule has 100 valence electrons. The van der Waals surface area contributed by atoms with Crippen molar-refractivity contribution >= 4 is 0 Å². The molecule has 3 atom stereocenters. The van der Waals surface area contributed by atoms with Crippen molar-refractivity contribution < 1.29 is 4.74 Å². The van der Waals surface area contributed by atoms with Crippen LogP contribution in [0.2, 0.25) is 0 Å². The van der Waals surface area contributed by atoms with E-state index in [0.29, 0.717) is 16.9 Å². The summed E-state index contributed by atoms with van der Waals surface area (Å²) in [6.45, 7) is 15.1. The molecule has 1 aliphatic heterocycles. The Morgan fingerprint density at radius 2 is 1.71 bits per heavy atom. The summed E-state index contributed by atoms with van der Waals surface area (Å²) >= 11 is 0. The maximum Gasteiger partial charge on any atom is 0.0534 e. The molecule has 1 saturated carbocycles. The summed E-state index contributed by atoms with van der Waals surface area (Å²) in [4.78, 5) is 2.77. The van der Waals surface area contributed by atoms with E-state index < -0.39 is 0 Å². The predicted octanol–water partition coefficient (Wildman–Crippen LogP) is 3.31. The van der Waals surface area contributed by atoms with Crippen LogP contribution < -0.4 is 0 Å². The Bertz CT molecular complexity index is 299. The summed E-state index contributed by atoms with van der Waals surface area (Å²) in [6, 6.07) is 1.45. The quantitative estimate of drug-likeness (QED) is 0.733. The van der Waals surface area contributed by atoms with Crippen molar-refractivity contribution in [2.75, 3.05) is 13.7 Å². The molecule has 2 rings (SSSR count). The van der Waals surface area contributed by atoms with Crippen molar-refractivity contribution in [1.82, 2.24) is 4.90 Å². The zero-order valence-corrected chi connectivity index (χ0v) is 12.6. The van der Waals surface area contributed by atoms with Crippen LogP contribution in [0, 0.1) is 10.8 Å². The summed E-state index contributed by atoms with van der Waals surface area (Å²) < 4.78 is 5.47. The van der Waals surface area contributed by atoms with Gasteiger partial charge in [0.25, 0.3) is 0 Å². The highest BCUT2D eigenvalue weighted by molar-refractivity contribution is 5.20. The molecule has 0 bridgehead atoms. The maximum atomic E-state index is 5.47. The topological polar surface area (TPSA) is 12.5 Å². The second-order valence-corrected chi connectivity index (χ2v) is 8.18. The van der Waals surface area contributed by atoms with Crippen molar-refractivity contribution in [3.05, 3.63) is 0 Å². The molecule has 0 spiro atoms. The van der Waals surface area contributed by atoms with Crippen LogP contribution in [0.15, 0.2) is 0 Å². The highest BCUT2D eigenvalue weighted by Gasteiger charge is 2.67. The molecule has 1 saturated heterocycles. The first-order valence-corrected chi connectivity index (χ1v) is 6.89. The van der Waals surface area contributed by atoms with Crippen LogP contribution in [0.5, 0.6) is 0 Å². The SMILES string of the molecule is COC[C@]12CC1N(C(C)(C)C)[C@H](C(C)(C)C)C2. The monoisotopic (exact) mass is 239 g/mol. The predicted molar refractivity (Wildman–Crippen MR) is 72.2 cm³/mol. The number of rotatable bonds is 2. The molecule has 17 heavy (non-hydrogen) atoms. The lowest BCUT2D eigenvalue weighted by atomic mass is 9.80. The average molecular weight is 239 g/mol. The molecule has 0 aromatic heterocycles. The molecule has 2 fully saturated rings. The minimum atomic E-state index is 0.272. The normalized spacial score (nSPS) is 38.3. The van der Waals surface area contributed by atoms with Gasteiger partial charge in [0, 0.05) is 30.1 Å². The van der Waals surface area contributed by atoms with Crippen LogP contribution in [0.3, 0.4) is 0 Å². The molecular weight excluding hydrogens is 210 g/mol. The number of likely N-dealkylation sites (tertiary alicyclic amines) is 1. The van der Waals surface area contributed by atoms with Crippen molar-refractivity contribution in [2.45, 2.75) is 72.0 Å². The molecule has 1 heterocycles. The Morgan fingerprint density at radius 3 is 2.06 bits per heavy atom. The lowest BCUT2D eigenvalue weighted by Crippen LogP contribution is -2.51.